The Hall–Kier alpha value is -1.40. The maximum Gasteiger partial charge on any atom is 0.350 e. The van der Waals surface area contributed by atoms with E-state index >= 15 is 0 Å². The van der Waals surface area contributed by atoms with E-state index in [0.29, 0.717) is 10.6 Å². The Kier molecular flexibility index (Phi) is 4.93. The number of carbonyl (C=O) groups excluding carboxylic acids is 2. The van der Waals surface area contributed by atoms with Gasteiger partial charge in [0.2, 0.25) is 5.91 Å². The number of hydrogen-bond donors (Lipinski definition) is 2. The first-order valence-electron chi connectivity index (χ1n) is 6.42. The summed E-state index contributed by atoms with van der Waals surface area (Å²) in [7, 11) is 1.33. The number of methoxy groups -OCH3 is 1. The molecule has 1 fully saturated rings. The van der Waals surface area contributed by atoms with E-state index in [4.69, 9.17) is 0 Å². The molecule has 1 saturated heterocycles. The molecule has 2 N–H and O–H groups in total. The maximum absolute atomic E-state index is 12.2. The molecule has 0 bridgehead atoms. The molecule has 1 atom stereocenters. The predicted molar refractivity (Wildman–Crippen MR) is 74.5 cm³/mol. The topological polar surface area (TPSA) is 67.4 Å². The molecule has 1 aliphatic rings. The molecule has 2 heterocycles. The lowest BCUT2D eigenvalue weighted by Gasteiger charge is -2.15. The first kappa shape index (κ1) is 14.0. The summed E-state index contributed by atoms with van der Waals surface area (Å²) in [5.74, 6) is -0.496. The summed E-state index contributed by atoms with van der Waals surface area (Å²) in [5.41, 5.74) is 0.535. The van der Waals surface area contributed by atoms with Gasteiger partial charge in [-0.2, -0.15) is 0 Å². The molecule has 1 aromatic rings. The van der Waals surface area contributed by atoms with Crippen molar-refractivity contribution in [3.63, 3.8) is 0 Å². The van der Waals surface area contributed by atoms with Gasteiger partial charge in [0.1, 0.15) is 4.88 Å². The molecule has 2 rings (SSSR count). The SMILES string of the molecule is COC(=O)c1sccc1NC(=O)C1CCCCCN1. The number of thiophene rings is 1. The highest BCUT2D eigenvalue weighted by Gasteiger charge is 2.22. The average Bonchev–Trinajstić information content (AvgIpc) is 2.71. The van der Waals surface area contributed by atoms with Crippen LogP contribution in [0.15, 0.2) is 11.4 Å². The van der Waals surface area contributed by atoms with Gasteiger partial charge in [-0.1, -0.05) is 12.8 Å². The molecule has 6 heteroatoms. The van der Waals surface area contributed by atoms with Gasteiger partial charge in [-0.25, -0.2) is 4.79 Å². The highest BCUT2D eigenvalue weighted by molar-refractivity contribution is 7.12. The zero-order valence-corrected chi connectivity index (χ0v) is 11.7. The molecule has 0 spiro atoms. The van der Waals surface area contributed by atoms with Crippen LogP contribution in [-0.4, -0.2) is 31.6 Å². The van der Waals surface area contributed by atoms with E-state index in [1.807, 2.05) is 0 Å². The van der Waals surface area contributed by atoms with Gasteiger partial charge < -0.3 is 15.4 Å². The average molecular weight is 282 g/mol. The van der Waals surface area contributed by atoms with E-state index in [0.717, 1.165) is 32.2 Å². The lowest BCUT2D eigenvalue weighted by atomic mass is 10.1. The zero-order valence-electron chi connectivity index (χ0n) is 10.9. The Bertz CT molecular complexity index is 450. The second-order valence-corrected chi connectivity index (χ2v) is 5.42. The minimum atomic E-state index is -0.417. The molecule has 0 aliphatic carbocycles. The Balaban J connectivity index is 2.02. The summed E-state index contributed by atoms with van der Waals surface area (Å²) < 4.78 is 4.69. The van der Waals surface area contributed by atoms with Crippen LogP contribution in [0.4, 0.5) is 5.69 Å². The minimum Gasteiger partial charge on any atom is -0.465 e. The Labute approximate surface area is 116 Å². The van der Waals surface area contributed by atoms with Gasteiger partial charge in [0.25, 0.3) is 0 Å². The number of anilines is 1. The van der Waals surface area contributed by atoms with Crippen molar-refractivity contribution in [2.45, 2.75) is 31.7 Å². The van der Waals surface area contributed by atoms with E-state index in [2.05, 4.69) is 15.4 Å². The van der Waals surface area contributed by atoms with Crippen LogP contribution in [0.25, 0.3) is 0 Å². The normalized spacial score (nSPS) is 19.5. The van der Waals surface area contributed by atoms with Crippen LogP contribution in [0.5, 0.6) is 0 Å². The van der Waals surface area contributed by atoms with Crippen molar-refractivity contribution in [2.24, 2.45) is 0 Å². The van der Waals surface area contributed by atoms with Gasteiger partial charge in [-0.15, -0.1) is 11.3 Å². The fraction of sp³-hybridized carbons (Fsp3) is 0.538. The molecule has 0 saturated carbocycles. The van der Waals surface area contributed by atoms with E-state index in [1.165, 1.54) is 18.4 Å². The monoisotopic (exact) mass is 282 g/mol. The van der Waals surface area contributed by atoms with Crippen LogP contribution in [0.1, 0.15) is 35.4 Å². The first-order chi connectivity index (χ1) is 9.22. The predicted octanol–water partition coefficient (Wildman–Crippen LogP) is 2.01. The Morgan fingerprint density at radius 2 is 2.26 bits per heavy atom. The van der Waals surface area contributed by atoms with Crippen LogP contribution >= 0.6 is 11.3 Å². The van der Waals surface area contributed by atoms with Crippen molar-refractivity contribution in [1.82, 2.24) is 5.32 Å². The smallest absolute Gasteiger partial charge is 0.350 e. The third kappa shape index (κ3) is 3.54. The van der Waals surface area contributed by atoms with Crippen molar-refractivity contribution in [3.05, 3.63) is 16.3 Å². The van der Waals surface area contributed by atoms with Gasteiger partial charge in [0.15, 0.2) is 0 Å². The van der Waals surface area contributed by atoms with Crippen molar-refractivity contribution in [1.29, 1.82) is 0 Å². The van der Waals surface area contributed by atoms with Crippen LogP contribution in [0, 0.1) is 0 Å². The molecular weight excluding hydrogens is 264 g/mol. The second-order valence-electron chi connectivity index (χ2n) is 4.50. The van der Waals surface area contributed by atoms with Gasteiger partial charge in [0, 0.05) is 0 Å². The molecule has 5 nitrogen and oxygen atoms in total. The summed E-state index contributed by atoms with van der Waals surface area (Å²) in [5, 5.41) is 7.81. The van der Waals surface area contributed by atoms with Gasteiger partial charge in [0.05, 0.1) is 18.8 Å². The van der Waals surface area contributed by atoms with Crippen molar-refractivity contribution in [3.8, 4) is 0 Å². The quantitative estimate of drug-likeness (QED) is 0.832. The highest BCUT2D eigenvalue weighted by Crippen LogP contribution is 2.23. The first-order valence-corrected chi connectivity index (χ1v) is 7.30. The molecular formula is C13H18N2O3S. The van der Waals surface area contributed by atoms with E-state index < -0.39 is 5.97 Å². The zero-order chi connectivity index (χ0) is 13.7. The largest absolute Gasteiger partial charge is 0.465 e. The van der Waals surface area contributed by atoms with Crippen LogP contribution < -0.4 is 10.6 Å². The van der Waals surface area contributed by atoms with Crippen molar-refractivity contribution >= 4 is 28.9 Å². The molecule has 1 amide bonds. The fourth-order valence-corrected chi connectivity index (χ4v) is 2.90. The van der Waals surface area contributed by atoms with E-state index in [-0.39, 0.29) is 11.9 Å². The molecule has 1 aromatic heterocycles. The highest BCUT2D eigenvalue weighted by atomic mass is 32.1. The molecule has 1 unspecified atom stereocenters. The van der Waals surface area contributed by atoms with E-state index in [9.17, 15) is 9.59 Å². The van der Waals surface area contributed by atoms with E-state index in [1.54, 1.807) is 11.4 Å². The number of nitrogens with one attached hydrogen (secondary N) is 2. The number of carbonyl (C=O) groups is 2. The fourth-order valence-electron chi connectivity index (χ4n) is 2.13. The summed E-state index contributed by atoms with van der Waals surface area (Å²) in [6, 6.07) is 1.55. The molecule has 104 valence electrons. The molecule has 0 radical (unpaired) electrons. The summed E-state index contributed by atoms with van der Waals surface area (Å²) in [4.78, 5) is 24.1. The Morgan fingerprint density at radius 3 is 3.05 bits per heavy atom. The third-order valence-electron chi connectivity index (χ3n) is 3.17. The lowest BCUT2D eigenvalue weighted by Crippen LogP contribution is -2.40. The maximum atomic E-state index is 12.2. The number of hydrogen-bond acceptors (Lipinski definition) is 5. The summed E-state index contributed by atoms with van der Waals surface area (Å²) in [6.07, 6.45) is 4.15. The van der Waals surface area contributed by atoms with Crippen LogP contribution in [-0.2, 0) is 9.53 Å². The van der Waals surface area contributed by atoms with Crippen LogP contribution in [0.3, 0.4) is 0 Å². The summed E-state index contributed by atoms with van der Waals surface area (Å²) in [6.45, 7) is 0.867. The molecule has 1 aliphatic heterocycles. The third-order valence-corrected chi connectivity index (χ3v) is 4.07. The minimum absolute atomic E-state index is 0.0783. The van der Waals surface area contributed by atoms with Gasteiger partial charge >= 0.3 is 5.97 Å². The Morgan fingerprint density at radius 1 is 1.42 bits per heavy atom. The van der Waals surface area contributed by atoms with Gasteiger partial charge in [-0.3, -0.25) is 4.79 Å². The standard InChI is InChI=1S/C13H18N2O3S/c1-18-13(17)11-9(6-8-19-11)15-12(16)10-5-3-2-4-7-14-10/h6,8,10,14H,2-5,7H2,1H3,(H,15,16). The second kappa shape index (κ2) is 6.68. The number of rotatable bonds is 3. The lowest BCUT2D eigenvalue weighted by molar-refractivity contribution is -0.118. The summed E-state index contributed by atoms with van der Waals surface area (Å²) >= 11 is 1.27. The van der Waals surface area contributed by atoms with Crippen molar-refractivity contribution < 1.29 is 14.3 Å². The molecule has 19 heavy (non-hydrogen) atoms. The van der Waals surface area contributed by atoms with Crippen LogP contribution in [0.2, 0.25) is 0 Å². The molecule has 0 aromatic carbocycles. The van der Waals surface area contributed by atoms with Gasteiger partial charge in [-0.05, 0) is 30.8 Å². The van der Waals surface area contributed by atoms with Crippen molar-refractivity contribution in [2.75, 3.05) is 19.0 Å². The number of ether oxygens (including phenoxy) is 1. The number of esters is 1. The number of amides is 1.